The number of hydrogen-bond acceptors (Lipinski definition) is 4. The van der Waals surface area contributed by atoms with Crippen LogP contribution in [0.2, 0.25) is 0 Å². The van der Waals surface area contributed by atoms with Crippen molar-refractivity contribution in [3.8, 4) is 44.5 Å². The first-order chi connectivity index (χ1) is 28.2. The lowest BCUT2D eigenvalue weighted by atomic mass is 10.0. The SMILES string of the molecule is CN1c2ccccc2Sc2cc(-c3c4nc(c(-c5ccccc5)c5ccc([nH]5)c(-c5ccccc5)c5nc(c(-c6ccccc6)c6ccc3[nH]6)C=C5)C=C4)ccc21. The summed E-state index contributed by atoms with van der Waals surface area (Å²) in [4.78, 5) is 23.4. The van der Waals surface area contributed by atoms with Crippen LogP contribution in [0, 0.1) is 0 Å². The van der Waals surface area contributed by atoms with Gasteiger partial charge < -0.3 is 14.9 Å². The molecule has 0 unspecified atom stereocenters. The number of aromatic nitrogens is 4. The molecule has 3 aliphatic rings. The highest BCUT2D eigenvalue weighted by atomic mass is 32.2. The third-order valence-electron chi connectivity index (χ3n) is 11.0. The molecule has 0 spiro atoms. The van der Waals surface area contributed by atoms with Crippen molar-refractivity contribution in [3.63, 3.8) is 0 Å². The van der Waals surface area contributed by atoms with Gasteiger partial charge in [0.25, 0.3) is 0 Å². The molecule has 6 heterocycles. The smallest absolute Gasteiger partial charge is 0.0737 e. The van der Waals surface area contributed by atoms with E-state index in [0.717, 1.165) is 89.4 Å². The predicted molar refractivity (Wildman–Crippen MR) is 239 cm³/mol. The van der Waals surface area contributed by atoms with E-state index in [2.05, 4.69) is 204 Å². The molecule has 57 heavy (non-hydrogen) atoms. The number of H-pyrrole nitrogens is 2. The number of nitrogens with one attached hydrogen (secondary N) is 2. The molecule has 270 valence electrons. The van der Waals surface area contributed by atoms with E-state index >= 15 is 0 Å². The van der Waals surface area contributed by atoms with Crippen molar-refractivity contribution < 1.29 is 0 Å². The van der Waals surface area contributed by atoms with Crippen molar-refractivity contribution in [2.75, 3.05) is 11.9 Å². The fourth-order valence-electron chi connectivity index (χ4n) is 8.33. The summed E-state index contributed by atoms with van der Waals surface area (Å²) < 4.78 is 0. The molecule has 8 bridgehead atoms. The first-order valence-electron chi connectivity index (χ1n) is 19.1. The van der Waals surface area contributed by atoms with E-state index < -0.39 is 0 Å². The maximum Gasteiger partial charge on any atom is 0.0737 e. The number of benzene rings is 5. The Hall–Kier alpha value is -7.15. The van der Waals surface area contributed by atoms with Gasteiger partial charge in [-0.3, -0.25) is 0 Å². The van der Waals surface area contributed by atoms with Crippen molar-refractivity contribution in [1.29, 1.82) is 0 Å². The van der Waals surface area contributed by atoms with Crippen molar-refractivity contribution in [2.45, 2.75) is 9.79 Å². The Morgan fingerprint density at radius 3 is 1.23 bits per heavy atom. The van der Waals surface area contributed by atoms with Crippen LogP contribution in [0.5, 0.6) is 0 Å². The second kappa shape index (κ2) is 13.6. The van der Waals surface area contributed by atoms with Crippen LogP contribution in [-0.4, -0.2) is 27.0 Å². The topological polar surface area (TPSA) is 60.6 Å². The highest BCUT2D eigenvalue weighted by Gasteiger charge is 2.23. The third-order valence-corrected chi connectivity index (χ3v) is 12.1. The van der Waals surface area contributed by atoms with Gasteiger partial charge in [-0.15, -0.1) is 0 Å². The quantitative estimate of drug-likeness (QED) is 0.188. The van der Waals surface area contributed by atoms with Gasteiger partial charge in [0, 0.05) is 61.2 Å². The second-order valence-corrected chi connectivity index (χ2v) is 15.5. The first kappa shape index (κ1) is 33.2. The normalized spacial score (nSPS) is 12.8. The molecule has 3 aliphatic heterocycles. The number of anilines is 2. The summed E-state index contributed by atoms with van der Waals surface area (Å²) in [6.07, 6.45) is 8.62. The molecule has 5 nitrogen and oxygen atoms in total. The molecular formula is C51H35N5S. The van der Waals surface area contributed by atoms with Crippen LogP contribution in [0.25, 0.3) is 90.9 Å². The van der Waals surface area contributed by atoms with Crippen molar-refractivity contribution >= 4 is 69.5 Å². The van der Waals surface area contributed by atoms with Gasteiger partial charge in [0.2, 0.25) is 0 Å². The van der Waals surface area contributed by atoms with Crippen molar-refractivity contribution in [3.05, 3.63) is 181 Å². The molecular weight excluding hydrogens is 715 g/mol. The lowest BCUT2D eigenvalue weighted by Gasteiger charge is -2.29. The molecule has 11 rings (SSSR count). The average Bonchev–Trinajstić information content (AvgIpc) is 4.10. The van der Waals surface area contributed by atoms with E-state index in [1.807, 2.05) is 11.8 Å². The standard InChI is InChI=1S/C51H35N5S/c1-56-44-19-11-12-20-46(44)57-47-31-35(21-30-45(47)56)51-42-28-26-40(54-42)49(33-15-7-3-8-16-33)38-24-22-36(52-38)48(32-13-5-2-6-14-32)37-23-25-39(53-37)50(34-17-9-4-10-18-34)41-27-29-43(51)55-41/h2-31,52,55H,1H3. The predicted octanol–water partition coefficient (Wildman–Crippen LogP) is 13.6. The summed E-state index contributed by atoms with van der Waals surface area (Å²) >= 11 is 1.82. The average molecular weight is 750 g/mol. The van der Waals surface area contributed by atoms with E-state index in [4.69, 9.17) is 9.97 Å². The van der Waals surface area contributed by atoms with Crippen LogP contribution in [-0.2, 0) is 0 Å². The number of fused-ring (bicyclic) bond motifs is 10. The fourth-order valence-corrected chi connectivity index (χ4v) is 9.52. The monoisotopic (exact) mass is 749 g/mol. The molecule has 8 aromatic rings. The van der Waals surface area contributed by atoms with Crippen LogP contribution in [0.15, 0.2) is 168 Å². The highest BCUT2D eigenvalue weighted by molar-refractivity contribution is 7.99. The molecule has 0 atom stereocenters. The summed E-state index contributed by atoms with van der Waals surface area (Å²) in [6, 6.07) is 55.8. The second-order valence-electron chi connectivity index (χ2n) is 14.4. The molecule has 0 saturated carbocycles. The number of para-hydroxylation sites is 1. The van der Waals surface area contributed by atoms with Gasteiger partial charge in [-0.05, 0) is 95.1 Å². The van der Waals surface area contributed by atoms with Crippen molar-refractivity contribution in [1.82, 2.24) is 19.9 Å². The van der Waals surface area contributed by atoms with Gasteiger partial charge in [0.05, 0.1) is 34.2 Å². The van der Waals surface area contributed by atoms with E-state index in [0.29, 0.717) is 0 Å². The van der Waals surface area contributed by atoms with E-state index in [-0.39, 0.29) is 0 Å². The van der Waals surface area contributed by atoms with E-state index in [1.54, 1.807) is 0 Å². The van der Waals surface area contributed by atoms with Gasteiger partial charge >= 0.3 is 0 Å². The minimum absolute atomic E-state index is 0.895. The van der Waals surface area contributed by atoms with Crippen molar-refractivity contribution in [2.24, 2.45) is 0 Å². The number of hydrogen-bond donors (Lipinski definition) is 2. The van der Waals surface area contributed by atoms with Crippen LogP contribution < -0.4 is 4.90 Å². The number of nitrogens with zero attached hydrogens (tertiary/aromatic N) is 3. The minimum atomic E-state index is 0.895. The minimum Gasteiger partial charge on any atom is -0.354 e. The Kier molecular flexibility index (Phi) is 7.90. The zero-order valence-electron chi connectivity index (χ0n) is 31.1. The number of rotatable bonds is 4. The van der Waals surface area contributed by atoms with Crippen LogP contribution >= 0.6 is 11.8 Å². The maximum absolute atomic E-state index is 5.49. The molecule has 0 fully saturated rings. The molecule has 6 heteroatoms. The lowest BCUT2D eigenvalue weighted by molar-refractivity contribution is 1.11. The largest absolute Gasteiger partial charge is 0.354 e. The summed E-state index contributed by atoms with van der Waals surface area (Å²) in [6.45, 7) is 0. The number of aromatic amines is 2. The molecule has 0 saturated heterocycles. The Balaban J connectivity index is 1.26. The fraction of sp³-hybridized carbons (Fsp3) is 0.0196. The van der Waals surface area contributed by atoms with Gasteiger partial charge in [0.1, 0.15) is 0 Å². The summed E-state index contributed by atoms with van der Waals surface area (Å²) in [7, 11) is 2.15. The van der Waals surface area contributed by atoms with Crippen LogP contribution in [0.3, 0.4) is 0 Å². The Bertz CT molecular complexity index is 3070. The Morgan fingerprint density at radius 1 is 0.386 bits per heavy atom. The van der Waals surface area contributed by atoms with Gasteiger partial charge in [-0.1, -0.05) is 121 Å². The lowest BCUT2D eigenvalue weighted by Crippen LogP contribution is -2.14. The summed E-state index contributed by atoms with van der Waals surface area (Å²) in [5.41, 5.74) is 18.4. The molecule has 2 N–H and O–H groups in total. The molecule has 5 aromatic carbocycles. The third kappa shape index (κ3) is 5.73. The molecule has 0 amide bonds. The Labute approximate surface area is 334 Å². The van der Waals surface area contributed by atoms with E-state index in [1.165, 1.54) is 21.2 Å². The van der Waals surface area contributed by atoms with Crippen LogP contribution in [0.4, 0.5) is 11.4 Å². The Morgan fingerprint density at radius 2 is 0.772 bits per heavy atom. The maximum atomic E-state index is 5.49. The molecule has 3 aromatic heterocycles. The summed E-state index contributed by atoms with van der Waals surface area (Å²) in [5.74, 6) is 0. The van der Waals surface area contributed by atoms with Gasteiger partial charge in [-0.25, -0.2) is 9.97 Å². The van der Waals surface area contributed by atoms with Gasteiger partial charge in [-0.2, -0.15) is 0 Å². The summed E-state index contributed by atoms with van der Waals surface area (Å²) in [5, 5.41) is 0. The van der Waals surface area contributed by atoms with E-state index in [9.17, 15) is 0 Å². The first-order valence-corrected chi connectivity index (χ1v) is 20.0. The zero-order chi connectivity index (χ0) is 37.9. The van der Waals surface area contributed by atoms with Gasteiger partial charge in [0.15, 0.2) is 0 Å². The van der Waals surface area contributed by atoms with Crippen LogP contribution in [0.1, 0.15) is 22.8 Å². The molecule has 0 radical (unpaired) electrons. The molecule has 0 aliphatic carbocycles. The highest BCUT2D eigenvalue weighted by Crippen LogP contribution is 2.49. The zero-order valence-corrected chi connectivity index (χ0v) is 31.9.